The van der Waals surface area contributed by atoms with Crippen molar-refractivity contribution in [1.29, 1.82) is 0 Å². The maximum atomic E-state index is 15.9. The number of ether oxygens (including phenoxy) is 4. The molecule has 0 N–H and O–H groups in total. The number of carbonyl (C=O) groups is 1. The van der Waals surface area contributed by atoms with Crippen molar-refractivity contribution >= 4 is 28.6 Å². The van der Waals surface area contributed by atoms with E-state index in [0.717, 1.165) is 58.0 Å². The van der Waals surface area contributed by atoms with Gasteiger partial charge in [-0.25, -0.2) is 4.39 Å². The van der Waals surface area contributed by atoms with E-state index in [-0.39, 0.29) is 45.6 Å². The first-order valence-electron chi connectivity index (χ1n) is 14.1. The third-order valence-corrected chi connectivity index (χ3v) is 9.81. The molecule has 4 unspecified atom stereocenters. The Balaban J connectivity index is 1.67. The fraction of sp³-hybridized carbons (Fsp3) is 0.897. The molecule has 0 aromatic rings. The molecule has 0 aromatic carbocycles. The minimum Gasteiger partial charge on any atom is -0.469 e. The van der Waals surface area contributed by atoms with Gasteiger partial charge in [0.25, 0.3) is 0 Å². The van der Waals surface area contributed by atoms with Gasteiger partial charge in [-0.3, -0.25) is 4.79 Å². The quantitative estimate of drug-likeness (QED) is 0.0942. The maximum Gasteiger partial charge on any atom is 0.305 e. The molecular weight excluding hydrogens is 574 g/mol. The van der Waals surface area contributed by atoms with Crippen LogP contribution in [0.5, 0.6) is 0 Å². The van der Waals surface area contributed by atoms with E-state index in [9.17, 15) is 4.79 Å². The maximum absolute atomic E-state index is 15.9. The molecule has 0 bridgehead atoms. The fourth-order valence-electron chi connectivity index (χ4n) is 6.15. The van der Waals surface area contributed by atoms with Gasteiger partial charge in [0.05, 0.1) is 19.3 Å². The van der Waals surface area contributed by atoms with Gasteiger partial charge in [0, 0.05) is 22.9 Å². The van der Waals surface area contributed by atoms with Gasteiger partial charge in [-0.1, -0.05) is 75.3 Å². The number of esters is 1. The van der Waals surface area contributed by atoms with Crippen molar-refractivity contribution in [2.45, 2.75) is 127 Å². The zero-order chi connectivity index (χ0) is 26.3. The molecular formula is C29H48FIO5. The number of halogens is 2. The Labute approximate surface area is 231 Å². The Hall–Kier alpha value is -0.250. The van der Waals surface area contributed by atoms with Gasteiger partial charge < -0.3 is 18.9 Å². The lowest BCUT2D eigenvalue weighted by atomic mass is 9.79. The molecule has 1 saturated carbocycles. The molecule has 3 aliphatic rings. The molecule has 0 radical (unpaired) electrons. The van der Waals surface area contributed by atoms with Crippen molar-refractivity contribution in [1.82, 2.24) is 0 Å². The fourth-order valence-corrected chi connectivity index (χ4v) is 7.16. The minimum absolute atomic E-state index is 0.0225. The molecule has 0 spiro atoms. The van der Waals surface area contributed by atoms with Crippen molar-refractivity contribution in [2.75, 3.05) is 13.7 Å². The minimum atomic E-state index is -0.997. The normalized spacial score (nSPS) is 34.6. The monoisotopic (exact) mass is 622 g/mol. The van der Waals surface area contributed by atoms with E-state index < -0.39 is 12.3 Å². The molecule has 5 nitrogen and oxygen atoms in total. The Bertz CT molecular complexity index is 710. The van der Waals surface area contributed by atoms with Crippen molar-refractivity contribution in [3.05, 3.63) is 12.2 Å². The van der Waals surface area contributed by atoms with Crippen molar-refractivity contribution in [3.63, 3.8) is 0 Å². The van der Waals surface area contributed by atoms with E-state index >= 15 is 4.39 Å². The lowest BCUT2D eigenvalue weighted by Crippen LogP contribution is -2.37. The number of allylic oxidation sites excluding steroid dienone is 1. The molecule has 2 aliphatic heterocycles. The van der Waals surface area contributed by atoms with Gasteiger partial charge >= 0.3 is 5.97 Å². The number of fused-ring (bicyclic) bond motifs is 1. The summed E-state index contributed by atoms with van der Waals surface area (Å²) in [5, 5.41) is 0. The molecule has 0 amide bonds. The van der Waals surface area contributed by atoms with E-state index in [0.29, 0.717) is 18.8 Å². The van der Waals surface area contributed by atoms with E-state index in [4.69, 9.17) is 18.9 Å². The highest BCUT2D eigenvalue weighted by molar-refractivity contribution is 14.1. The van der Waals surface area contributed by atoms with Crippen LogP contribution in [0.1, 0.15) is 91.9 Å². The van der Waals surface area contributed by atoms with Crippen LogP contribution in [-0.2, 0) is 23.7 Å². The Morgan fingerprint density at radius 2 is 2.06 bits per heavy atom. The van der Waals surface area contributed by atoms with Gasteiger partial charge in [-0.05, 0) is 62.2 Å². The van der Waals surface area contributed by atoms with Crippen LogP contribution < -0.4 is 0 Å². The number of hydrogen-bond acceptors (Lipinski definition) is 5. The zero-order valence-electron chi connectivity index (χ0n) is 22.9. The van der Waals surface area contributed by atoms with Crippen molar-refractivity contribution in [3.8, 4) is 0 Å². The first-order valence-corrected chi connectivity index (χ1v) is 15.4. The second-order valence-corrected chi connectivity index (χ2v) is 13.4. The summed E-state index contributed by atoms with van der Waals surface area (Å²) in [6.45, 7) is 9.77. The highest BCUT2D eigenvalue weighted by atomic mass is 127. The summed E-state index contributed by atoms with van der Waals surface area (Å²) in [7, 11) is 1.40. The summed E-state index contributed by atoms with van der Waals surface area (Å²) in [6, 6.07) is 0. The van der Waals surface area contributed by atoms with Crippen LogP contribution in [0.15, 0.2) is 12.2 Å². The Morgan fingerprint density at radius 1 is 1.28 bits per heavy atom. The van der Waals surface area contributed by atoms with Crippen LogP contribution in [0.3, 0.4) is 0 Å². The van der Waals surface area contributed by atoms with Crippen LogP contribution in [0.25, 0.3) is 0 Å². The molecule has 3 rings (SSSR count). The molecule has 1 aliphatic carbocycles. The summed E-state index contributed by atoms with van der Waals surface area (Å²) < 4.78 is 39.4. The highest BCUT2D eigenvalue weighted by Gasteiger charge is 2.55. The number of rotatable bonds is 13. The average Bonchev–Trinajstić information content (AvgIpc) is 3.35. The summed E-state index contributed by atoms with van der Waals surface area (Å²) in [5.41, 5.74) is -0.0225. The lowest BCUT2D eigenvalue weighted by Gasteiger charge is -2.36. The molecule has 7 heteroatoms. The molecule has 9 atom stereocenters. The van der Waals surface area contributed by atoms with E-state index in [1.54, 1.807) is 0 Å². The topological polar surface area (TPSA) is 54.0 Å². The van der Waals surface area contributed by atoms with Gasteiger partial charge in [0.2, 0.25) is 0 Å². The smallest absolute Gasteiger partial charge is 0.305 e. The molecule has 208 valence electrons. The molecule has 36 heavy (non-hydrogen) atoms. The third-order valence-electron chi connectivity index (χ3n) is 8.48. The second-order valence-electron chi connectivity index (χ2n) is 11.8. The van der Waals surface area contributed by atoms with Crippen molar-refractivity contribution in [2.24, 2.45) is 23.2 Å². The number of alkyl halides is 2. The second kappa shape index (κ2) is 14.2. The van der Waals surface area contributed by atoms with E-state index in [1.165, 1.54) is 7.11 Å². The van der Waals surface area contributed by atoms with Gasteiger partial charge in [-0.2, -0.15) is 0 Å². The highest BCUT2D eigenvalue weighted by Crippen LogP contribution is 2.50. The SMILES string of the molecule is CCCCC(C)(C)[C@@H](C=C[C@@H]1[C@H]2C(F)C(C(I)CCCC(=O)OC)O[C@H]2C[C@H]1C)OC1CCCCO1. The first kappa shape index (κ1) is 30.3. The molecule has 2 heterocycles. The van der Waals surface area contributed by atoms with Crippen LogP contribution in [0.4, 0.5) is 4.39 Å². The third kappa shape index (κ3) is 7.89. The lowest BCUT2D eigenvalue weighted by molar-refractivity contribution is -0.197. The summed E-state index contributed by atoms with van der Waals surface area (Å²) in [4.78, 5) is 11.4. The molecule has 3 fully saturated rings. The predicted octanol–water partition coefficient (Wildman–Crippen LogP) is 7.20. The largest absolute Gasteiger partial charge is 0.469 e. The summed E-state index contributed by atoms with van der Waals surface area (Å²) in [6.07, 6.45) is 12.1. The van der Waals surface area contributed by atoms with Crippen LogP contribution >= 0.6 is 22.6 Å². The van der Waals surface area contributed by atoms with Gasteiger partial charge in [-0.15, -0.1) is 0 Å². The van der Waals surface area contributed by atoms with Crippen LogP contribution in [0.2, 0.25) is 0 Å². The van der Waals surface area contributed by atoms with E-state index in [1.807, 2.05) is 0 Å². The van der Waals surface area contributed by atoms with Crippen LogP contribution in [-0.4, -0.2) is 54.4 Å². The average molecular weight is 623 g/mol. The Kier molecular flexibility index (Phi) is 12.0. The number of hydrogen-bond donors (Lipinski definition) is 0. The summed E-state index contributed by atoms with van der Waals surface area (Å²) >= 11 is 2.31. The Morgan fingerprint density at radius 3 is 2.72 bits per heavy atom. The number of carbonyl (C=O) groups excluding carboxylic acids is 1. The van der Waals surface area contributed by atoms with E-state index in [2.05, 4.69) is 62.4 Å². The zero-order valence-corrected chi connectivity index (χ0v) is 25.1. The van der Waals surface area contributed by atoms with Crippen molar-refractivity contribution < 1.29 is 28.1 Å². The number of methoxy groups -OCH3 is 1. The van der Waals surface area contributed by atoms with Gasteiger partial charge in [0.1, 0.15) is 12.3 Å². The summed E-state index contributed by atoms with van der Waals surface area (Å²) in [5.74, 6) is 0.169. The molecule has 2 saturated heterocycles. The standard InChI is InChI=1S/C29H48FIO5/c1-6-7-16-29(3,4)23(36-25-13-8-9-17-34-25)15-14-20-19(2)18-22-26(20)27(30)28(35-22)21(31)11-10-12-24(32)33-5/h14-15,19-23,25-28H,6-13,16-18H2,1-5H3/t19-,20+,21?,22+,23-,25?,26-,27?,28?/m1/s1. The van der Waals surface area contributed by atoms with Gasteiger partial charge in [0.15, 0.2) is 6.29 Å². The van der Waals surface area contributed by atoms with Crippen LogP contribution in [0, 0.1) is 23.2 Å². The predicted molar refractivity (Wildman–Crippen MR) is 149 cm³/mol. The first-order chi connectivity index (χ1) is 17.2. The molecule has 0 aromatic heterocycles. The number of unbranched alkanes of at least 4 members (excludes halogenated alkanes) is 1.